The summed E-state index contributed by atoms with van der Waals surface area (Å²) in [5.74, 6) is 0. The highest BCUT2D eigenvalue weighted by atomic mass is 15.1. The Kier molecular flexibility index (Phi) is 6.84. The lowest BCUT2D eigenvalue weighted by Gasteiger charge is -2.32. The van der Waals surface area contributed by atoms with Gasteiger partial charge in [-0.15, -0.1) is 0 Å². The van der Waals surface area contributed by atoms with Crippen molar-refractivity contribution in [3.63, 3.8) is 0 Å². The molecule has 252 valence electrons. The predicted octanol–water partition coefficient (Wildman–Crippen LogP) is 14.0. The molecule has 9 aromatic carbocycles. The molecule has 0 N–H and O–H groups in total. The van der Waals surface area contributed by atoms with Crippen molar-refractivity contribution in [3.05, 3.63) is 235 Å². The van der Waals surface area contributed by atoms with Crippen LogP contribution in [0.2, 0.25) is 0 Å². The first-order valence-electron chi connectivity index (χ1n) is 18.8. The first kappa shape index (κ1) is 30.6. The Hall–Kier alpha value is -6.96. The molecule has 0 aliphatic heterocycles. The Labute approximate surface area is 316 Å². The van der Waals surface area contributed by atoms with Crippen molar-refractivity contribution >= 4 is 27.8 Å². The van der Waals surface area contributed by atoms with Crippen LogP contribution in [0, 0.1) is 0 Å². The van der Waals surface area contributed by atoms with E-state index in [2.05, 4.69) is 217 Å². The molecule has 0 bridgehead atoms. The fourth-order valence-electron chi connectivity index (χ4n) is 9.63. The van der Waals surface area contributed by atoms with Gasteiger partial charge in [0.25, 0.3) is 0 Å². The highest BCUT2D eigenvalue weighted by Crippen LogP contribution is 2.66. The zero-order valence-electron chi connectivity index (χ0n) is 29.7. The molecule has 0 atom stereocenters. The zero-order chi connectivity index (χ0) is 35.6. The lowest BCUT2D eigenvalue weighted by Crippen LogP contribution is -2.26. The third kappa shape index (κ3) is 4.27. The lowest BCUT2D eigenvalue weighted by molar-refractivity contribution is 0.801. The minimum Gasteiger partial charge on any atom is -0.311 e. The van der Waals surface area contributed by atoms with Gasteiger partial charge in [-0.3, -0.25) is 0 Å². The molecule has 2 aliphatic carbocycles. The van der Waals surface area contributed by atoms with E-state index in [1.165, 1.54) is 77.5 Å². The molecule has 9 aromatic rings. The van der Waals surface area contributed by atoms with Crippen molar-refractivity contribution in [3.8, 4) is 44.5 Å². The van der Waals surface area contributed by atoms with Crippen molar-refractivity contribution in [1.29, 1.82) is 0 Å². The van der Waals surface area contributed by atoms with Crippen LogP contribution in [0.25, 0.3) is 55.3 Å². The smallest absolute Gasteiger partial charge is 0.0731 e. The number of rotatable bonds is 5. The van der Waals surface area contributed by atoms with Crippen LogP contribution >= 0.6 is 0 Å². The summed E-state index contributed by atoms with van der Waals surface area (Å²) in [4.78, 5) is 2.33. The minimum atomic E-state index is -0.448. The van der Waals surface area contributed by atoms with Crippen LogP contribution < -0.4 is 4.90 Å². The number of fused-ring (bicyclic) bond motifs is 12. The van der Waals surface area contributed by atoms with Crippen LogP contribution in [-0.4, -0.2) is 0 Å². The fraction of sp³-hybridized carbons (Fsp3) is 0.0189. The molecule has 11 rings (SSSR count). The van der Waals surface area contributed by atoms with Crippen LogP contribution in [0.1, 0.15) is 22.3 Å². The quantitative estimate of drug-likeness (QED) is 0.174. The summed E-state index contributed by atoms with van der Waals surface area (Å²) in [6.07, 6.45) is 0. The maximum Gasteiger partial charge on any atom is 0.0731 e. The molecule has 0 saturated carbocycles. The Morgan fingerprint density at radius 2 is 0.685 bits per heavy atom. The van der Waals surface area contributed by atoms with Crippen LogP contribution in [0.5, 0.6) is 0 Å². The molecule has 0 amide bonds. The van der Waals surface area contributed by atoms with Crippen LogP contribution in [0.3, 0.4) is 0 Å². The molecule has 0 aromatic heterocycles. The van der Waals surface area contributed by atoms with Gasteiger partial charge in [0.2, 0.25) is 0 Å². The summed E-state index contributed by atoms with van der Waals surface area (Å²) < 4.78 is 0. The average Bonchev–Trinajstić information content (AvgIpc) is 3.73. The third-order valence-electron chi connectivity index (χ3n) is 11.6. The number of anilines is 3. The van der Waals surface area contributed by atoms with E-state index in [-0.39, 0.29) is 0 Å². The largest absolute Gasteiger partial charge is 0.311 e. The van der Waals surface area contributed by atoms with Crippen molar-refractivity contribution < 1.29 is 0 Å². The van der Waals surface area contributed by atoms with Gasteiger partial charge in [-0.1, -0.05) is 176 Å². The van der Waals surface area contributed by atoms with E-state index in [9.17, 15) is 0 Å². The predicted molar refractivity (Wildman–Crippen MR) is 226 cm³/mol. The molecule has 54 heavy (non-hydrogen) atoms. The Bertz CT molecular complexity index is 2770. The number of nitrogens with zero attached hydrogens (tertiary/aromatic N) is 1. The first-order valence-corrected chi connectivity index (χ1v) is 18.8. The zero-order valence-corrected chi connectivity index (χ0v) is 29.7. The summed E-state index contributed by atoms with van der Waals surface area (Å²) >= 11 is 0. The van der Waals surface area contributed by atoms with Gasteiger partial charge in [0.1, 0.15) is 0 Å². The lowest BCUT2D eigenvalue weighted by atomic mass is 9.68. The van der Waals surface area contributed by atoms with Crippen molar-refractivity contribution in [2.24, 2.45) is 0 Å². The summed E-state index contributed by atoms with van der Waals surface area (Å²) in [6.45, 7) is 0. The van der Waals surface area contributed by atoms with Crippen LogP contribution in [0.15, 0.2) is 212 Å². The number of hydrogen-bond donors (Lipinski definition) is 0. The highest BCUT2D eigenvalue weighted by molar-refractivity contribution is 6.16. The van der Waals surface area contributed by atoms with E-state index in [4.69, 9.17) is 0 Å². The second kappa shape index (κ2) is 12.0. The molecule has 2 aliphatic rings. The maximum atomic E-state index is 2.38. The molecular formula is C53H35N. The number of para-hydroxylation sites is 2. The minimum absolute atomic E-state index is 0.448. The molecule has 1 heteroatoms. The van der Waals surface area contributed by atoms with E-state index in [1.54, 1.807) is 0 Å². The van der Waals surface area contributed by atoms with Gasteiger partial charge >= 0.3 is 0 Å². The van der Waals surface area contributed by atoms with Gasteiger partial charge in [0.05, 0.1) is 5.41 Å². The number of benzene rings is 9. The Morgan fingerprint density at radius 3 is 1.26 bits per heavy atom. The van der Waals surface area contributed by atoms with Gasteiger partial charge in [0, 0.05) is 17.1 Å². The second-order valence-electron chi connectivity index (χ2n) is 14.4. The summed E-state index contributed by atoms with van der Waals surface area (Å²) in [5.41, 5.74) is 18.6. The first-order chi connectivity index (χ1) is 26.8. The molecule has 0 heterocycles. The van der Waals surface area contributed by atoms with Gasteiger partial charge < -0.3 is 4.90 Å². The topological polar surface area (TPSA) is 3.24 Å². The van der Waals surface area contributed by atoms with Gasteiger partial charge in [0.15, 0.2) is 0 Å². The van der Waals surface area contributed by atoms with Gasteiger partial charge in [-0.2, -0.15) is 0 Å². The molecule has 1 spiro atoms. The molecule has 0 unspecified atom stereocenters. The van der Waals surface area contributed by atoms with Crippen molar-refractivity contribution in [1.82, 2.24) is 0 Å². The van der Waals surface area contributed by atoms with Crippen LogP contribution in [0.4, 0.5) is 17.1 Å². The maximum absolute atomic E-state index is 2.38. The fourth-order valence-corrected chi connectivity index (χ4v) is 9.63. The summed E-state index contributed by atoms with van der Waals surface area (Å²) in [7, 11) is 0. The third-order valence-corrected chi connectivity index (χ3v) is 11.6. The summed E-state index contributed by atoms with van der Waals surface area (Å²) in [5, 5.41) is 2.56. The second-order valence-corrected chi connectivity index (χ2v) is 14.4. The molecule has 0 saturated heterocycles. The van der Waals surface area contributed by atoms with E-state index >= 15 is 0 Å². The highest BCUT2D eigenvalue weighted by Gasteiger charge is 2.53. The van der Waals surface area contributed by atoms with Gasteiger partial charge in [-0.25, -0.2) is 0 Å². The standard InChI is InChI=1S/C53H35N/c1-4-18-36(19-5-1)50-49(37-32-34-40(35-33-37)54(38-20-6-2-7-21-38)39-22-8-3-9-23-39)43-26-10-11-27-44(43)52-51(50)45-28-14-17-31-48(45)53(52)46-29-15-12-24-41(46)42-25-13-16-30-47(42)53/h1-35H. The van der Waals surface area contributed by atoms with Crippen LogP contribution in [-0.2, 0) is 5.41 Å². The van der Waals surface area contributed by atoms with E-state index in [1.807, 2.05) is 0 Å². The Balaban J connectivity index is 1.24. The van der Waals surface area contributed by atoms with E-state index in [0.717, 1.165) is 17.1 Å². The monoisotopic (exact) mass is 685 g/mol. The average molecular weight is 686 g/mol. The number of hydrogen-bond acceptors (Lipinski definition) is 1. The van der Waals surface area contributed by atoms with Crippen molar-refractivity contribution in [2.45, 2.75) is 5.41 Å². The molecular weight excluding hydrogens is 651 g/mol. The molecule has 0 fully saturated rings. The normalized spacial score (nSPS) is 13.0. The Morgan fingerprint density at radius 1 is 0.278 bits per heavy atom. The summed E-state index contributed by atoms with van der Waals surface area (Å²) in [6, 6.07) is 78.1. The molecule has 0 radical (unpaired) electrons. The van der Waals surface area contributed by atoms with Gasteiger partial charge in [-0.05, 0) is 114 Å². The van der Waals surface area contributed by atoms with Crippen molar-refractivity contribution in [2.75, 3.05) is 4.90 Å². The van der Waals surface area contributed by atoms with E-state index < -0.39 is 5.41 Å². The SMILES string of the molecule is c1ccc(-c2c3c(c4ccccc4c2-c2ccc(N(c4ccccc4)c4ccccc4)cc2)C2(c4ccccc4-c4ccccc42)c2ccccc2-3)cc1. The van der Waals surface area contributed by atoms with E-state index in [0.29, 0.717) is 0 Å². The molecule has 1 nitrogen and oxygen atoms in total.